The van der Waals surface area contributed by atoms with E-state index in [1.807, 2.05) is 19.1 Å². The number of ether oxygens (including phenoxy) is 1. The maximum absolute atomic E-state index is 11.4. The first kappa shape index (κ1) is 14.7. The van der Waals surface area contributed by atoms with E-state index in [0.29, 0.717) is 5.75 Å². The lowest BCUT2D eigenvalue weighted by Crippen LogP contribution is -2.25. The number of nitrogens with one attached hydrogen (secondary N) is 1. The Balaban J connectivity index is 2.33. The molecule has 1 aromatic rings. The largest absolute Gasteiger partial charge is 0.484 e. The van der Waals surface area contributed by atoms with Crippen LogP contribution in [0.15, 0.2) is 33.8 Å². The quantitative estimate of drug-likeness (QED) is 0.648. The van der Waals surface area contributed by atoms with E-state index >= 15 is 0 Å². The fraction of sp³-hybridized carbons (Fsp3) is 0.385. The minimum absolute atomic E-state index is 0.0372. The molecular formula is C13H17BrN2O2. The summed E-state index contributed by atoms with van der Waals surface area (Å²) in [6, 6.07) is 7.31. The first-order valence-electron chi connectivity index (χ1n) is 5.82. The molecule has 0 saturated heterocycles. The second-order valence-corrected chi connectivity index (χ2v) is 4.79. The van der Waals surface area contributed by atoms with E-state index in [4.69, 9.17) is 4.74 Å². The lowest BCUT2D eigenvalue weighted by atomic mass is 10.2. The first-order chi connectivity index (χ1) is 8.61. The lowest BCUT2D eigenvalue weighted by Gasteiger charge is -2.05. The number of hydrazone groups is 1. The van der Waals surface area contributed by atoms with Crippen LogP contribution in [0.1, 0.15) is 26.7 Å². The monoisotopic (exact) mass is 312 g/mol. The van der Waals surface area contributed by atoms with Crippen molar-refractivity contribution in [3.05, 3.63) is 28.7 Å². The Kier molecular flexibility index (Phi) is 6.43. The smallest absolute Gasteiger partial charge is 0.277 e. The zero-order chi connectivity index (χ0) is 13.4. The fourth-order valence-corrected chi connectivity index (χ4v) is 1.55. The third-order valence-corrected chi connectivity index (χ3v) is 2.70. The Bertz CT molecular complexity index is 416. The minimum atomic E-state index is -0.256. The summed E-state index contributed by atoms with van der Waals surface area (Å²) in [5.41, 5.74) is 3.38. The summed E-state index contributed by atoms with van der Waals surface area (Å²) in [6.45, 7) is 3.92. The Hall–Kier alpha value is -1.36. The summed E-state index contributed by atoms with van der Waals surface area (Å²) in [5, 5.41) is 3.97. The zero-order valence-electron chi connectivity index (χ0n) is 10.6. The summed E-state index contributed by atoms with van der Waals surface area (Å²) in [6.07, 6.45) is 1.90. The number of carbonyl (C=O) groups excluding carboxylic acids is 1. The number of carbonyl (C=O) groups is 1. The molecule has 0 radical (unpaired) electrons. The molecule has 0 bridgehead atoms. The van der Waals surface area contributed by atoms with Crippen molar-refractivity contribution >= 4 is 27.5 Å². The van der Waals surface area contributed by atoms with E-state index in [-0.39, 0.29) is 12.5 Å². The van der Waals surface area contributed by atoms with Gasteiger partial charge in [-0.15, -0.1) is 0 Å². The molecule has 0 aliphatic heterocycles. The molecule has 0 aliphatic carbocycles. The van der Waals surface area contributed by atoms with E-state index in [9.17, 15) is 4.79 Å². The number of benzene rings is 1. The molecule has 0 spiro atoms. The summed E-state index contributed by atoms with van der Waals surface area (Å²) in [4.78, 5) is 11.4. The van der Waals surface area contributed by atoms with Gasteiger partial charge in [0.05, 0.1) is 0 Å². The number of amides is 1. The van der Waals surface area contributed by atoms with Crippen LogP contribution in [0.2, 0.25) is 0 Å². The van der Waals surface area contributed by atoms with Crippen LogP contribution in [0.25, 0.3) is 0 Å². The highest BCUT2D eigenvalue weighted by atomic mass is 79.9. The average molecular weight is 313 g/mol. The van der Waals surface area contributed by atoms with Crippen molar-refractivity contribution in [1.29, 1.82) is 0 Å². The standard InChI is InChI=1S/C13H17BrN2O2/c1-3-4-10(2)15-16-13(17)9-18-12-7-5-11(14)6-8-12/h5-8H,3-4,9H2,1-2H3,(H,16,17)/b15-10+. The van der Waals surface area contributed by atoms with Gasteiger partial charge in [-0.25, -0.2) is 5.43 Å². The second kappa shape index (κ2) is 7.87. The molecule has 0 atom stereocenters. The zero-order valence-corrected chi connectivity index (χ0v) is 12.2. The molecule has 4 nitrogen and oxygen atoms in total. The summed E-state index contributed by atoms with van der Waals surface area (Å²) in [7, 11) is 0. The van der Waals surface area contributed by atoms with Gasteiger partial charge in [0.1, 0.15) is 5.75 Å². The van der Waals surface area contributed by atoms with Gasteiger partial charge in [0.15, 0.2) is 6.61 Å². The number of rotatable bonds is 6. The van der Waals surface area contributed by atoms with E-state index in [1.165, 1.54) is 0 Å². The minimum Gasteiger partial charge on any atom is -0.484 e. The highest BCUT2D eigenvalue weighted by molar-refractivity contribution is 9.10. The summed E-state index contributed by atoms with van der Waals surface area (Å²) in [5.74, 6) is 0.399. The molecule has 0 saturated carbocycles. The molecule has 0 unspecified atom stereocenters. The molecule has 1 N–H and O–H groups in total. The highest BCUT2D eigenvalue weighted by Gasteiger charge is 2.01. The van der Waals surface area contributed by atoms with E-state index in [0.717, 1.165) is 23.0 Å². The van der Waals surface area contributed by atoms with Crippen molar-refractivity contribution in [3.63, 3.8) is 0 Å². The van der Waals surface area contributed by atoms with Crippen molar-refractivity contribution in [2.24, 2.45) is 5.10 Å². The molecular weight excluding hydrogens is 296 g/mol. The molecule has 0 fully saturated rings. The Morgan fingerprint density at radius 2 is 2.06 bits per heavy atom. The van der Waals surface area contributed by atoms with Crippen molar-refractivity contribution < 1.29 is 9.53 Å². The molecule has 1 rings (SSSR count). The van der Waals surface area contributed by atoms with Crippen molar-refractivity contribution in [2.45, 2.75) is 26.7 Å². The predicted molar refractivity (Wildman–Crippen MR) is 75.8 cm³/mol. The van der Waals surface area contributed by atoms with E-state index < -0.39 is 0 Å². The van der Waals surface area contributed by atoms with Crippen LogP contribution in [-0.2, 0) is 4.79 Å². The van der Waals surface area contributed by atoms with Gasteiger partial charge in [0.2, 0.25) is 0 Å². The summed E-state index contributed by atoms with van der Waals surface area (Å²) >= 11 is 3.33. The first-order valence-corrected chi connectivity index (χ1v) is 6.61. The van der Waals surface area contributed by atoms with Crippen LogP contribution in [0.5, 0.6) is 5.75 Å². The lowest BCUT2D eigenvalue weighted by molar-refractivity contribution is -0.123. The Morgan fingerprint density at radius 3 is 2.67 bits per heavy atom. The van der Waals surface area contributed by atoms with Crippen LogP contribution < -0.4 is 10.2 Å². The molecule has 98 valence electrons. The van der Waals surface area contributed by atoms with Gasteiger partial charge in [-0.1, -0.05) is 29.3 Å². The number of hydrogen-bond donors (Lipinski definition) is 1. The SMILES string of the molecule is CCC/C(C)=N/NC(=O)COc1ccc(Br)cc1. The van der Waals surface area contributed by atoms with Crippen molar-refractivity contribution in [3.8, 4) is 5.75 Å². The number of nitrogens with zero attached hydrogens (tertiary/aromatic N) is 1. The van der Waals surface area contributed by atoms with Crippen LogP contribution >= 0.6 is 15.9 Å². The number of halogens is 1. The molecule has 5 heteroatoms. The van der Waals surface area contributed by atoms with Gasteiger partial charge in [-0.3, -0.25) is 4.79 Å². The van der Waals surface area contributed by atoms with Gasteiger partial charge >= 0.3 is 0 Å². The molecule has 0 aliphatic rings. The fourth-order valence-electron chi connectivity index (χ4n) is 1.29. The van der Waals surface area contributed by atoms with Gasteiger partial charge in [-0.05, 0) is 37.6 Å². The average Bonchev–Trinajstić information content (AvgIpc) is 2.36. The van der Waals surface area contributed by atoms with Crippen molar-refractivity contribution in [2.75, 3.05) is 6.61 Å². The molecule has 18 heavy (non-hydrogen) atoms. The highest BCUT2D eigenvalue weighted by Crippen LogP contribution is 2.15. The number of hydrogen-bond acceptors (Lipinski definition) is 3. The van der Waals surface area contributed by atoms with Crippen LogP contribution in [0, 0.1) is 0 Å². The molecule has 0 aromatic heterocycles. The third-order valence-electron chi connectivity index (χ3n) is 2.17. The Labute approximate surface area is 116 Å². The predicted octanol–water partition coefficient (Wildman–Crippen LogP) is 3.12. The van der Waals surface area contributed by atoms with Crippen LogP contribution in [-0.4, -0.2) is 18.2 Å². The normalized spacial score (nSPS) is 11.2. The Morgan fingerprint density at radius 1 is 1.39 bits per heavy atom. The second-order valence-electron chi connectivity index (χ2n) is 3.87. The van der Waals surface area contributed by atoms with E-state index in [1.54, 1.807) is 12.1 Å². The molecule has 1 amide bonds. The topological polar surface area (TPSA) is 50.7 Å². The van der Waals surface area contributed by atoms with Crippen LogP contribution in [0.4, 0.5) is 0 Å². The van der Waals surface area contributed by atoms with Crippen molar-refractivity contribution in [1.82, 2.24) is 5.43 Å². The maximum atomic E-state index is 11.4. The molecule has 1 aromatic carbocycles. The summed E-state index contributed by atoms with van der Waals surface area (Å²) < 4.78 is 6.28. The van der Waals surface area contributed by atoms with E-state index in [2.05, 4.69) is 33.4 Å². The maximum Gasteiger partial charge on any atom is 0.277 e. The third kappa shape index (κ3) is 5.82. The van der Waals surface area contributed by atoms with Gasteiger partial charge in [-0.2, -0.15) is 5.10 Å². The van der Waals surface area contributed by atoms with Gasteiger partial charge in [0.25, 0.3) is 5.91 Å². The molecule has 0 heterocycles. The van der Waals surface area contributed by atoms with Gasteiger partial charge in [0, 0.05) is 10.2 Å². The van der Waals surface area contributed by atoms with Gasteiger partial charge < -0.3 is 4.74 Å². The van der Waals surface area contributed by atoms with Crippen LogP contribution in [0.3, 0.4) is 0 Å².